The first-order valence-corrected chi connectivity index (χ1v) is 11.4. The Balaban J connectivity index is 2.72. The molecule has 0 N–H and O–H groups in total. The third kappa shape index (κ3) is 6.33. The summed E-state index contributed by atoms with van der Waals surface area (Å²) in [5.74, 6) is -1.98. The largest absolute Gasteiger partial charge is 0.493 e. The van der Waals surface area contributed by atoms with E-state index in [0.717, 1.165) is 5.56 Å². The Kier molecular flexibility index (Phi) is 8.80. The third-order valence-electron chi connectivity index (χ3n) is 5.10. The lowest BCUT2D eigenvalue weighted by molar-refractivity contribution is -0.170. The number of methoxy groups -OCH3 is 2. The highest BCUT2D eigenvalue weighted by molar-refractivity contribution is 5.97. The van der Waals surface area contributed by atoms with E-state index in [1.54, 1.807) is 60.6 Å². The van der Waals surface area contributed by atoms with Crippen LogP contribution >= 0.6 is 0 Å². The van der Waals surface area contributed by atoms with E-state index in [0.29, 0.717) is 23.5 Å². The van der Waals surface area contributed by atoms with Crippen LogP contribution < -0.4 is 9.47 Å². The van der Waals surface area contributed by atoms with E-state index in [4.69, 9.17) is 23.7 Å². The van der Waals surface area contributed by atoms with Gasteiger partial charge in [0.25, 0.3) is 0 Å². The minimum Gasteiger partial charge on any atom is -0.493 e. The molecule has 1 atom stereocenters. The maximum Gasteiger partial charge on any atom is 0.410 e. The van der Waals surface area contributed by atoms with E-state index in [2.05, 4.69) is 0 Å². The Morgan fingerprint density at radius 3 is 1.94 bits per heavy atom. The Bertz CT molecular complexity index is 881. The maximum atomic E-state index is 13.3. The van der Waals surface area contributed by atoms with Crippen LogP contribution in [0.2, 0.25) is 0 Å². The number of carbonyl (C=O) groups excluding carboxylic acids is 3. The fourth-order valence-corrected chi connectivity index (χ4v) is 3.93. The fraction of sp³-hybridized carbons (Fsp3) is 0.640. The van der Waals surface area contributed by atoms with Gasteiger partial charge in [-0.3, -0.25) is 14.5 Å². The summed E-state index contributed by atoms with van der Waals surface area (Å²) in [5.41, 5.74) is 0.541. The number of hydrogen-bond acceptors (Lipinski definition) is 8. The number of carbonyl (C=O) groups is 3. The predicted octanol–water partition coefficient (Wildman–Crippen LogP) is 4.06. The summed E-state index contributed by atoms with van der Waals surface area (Å²) in [6.07, 6.45) is -1.16. The highest BCUT2D eigenvalue weighted by Gasteiger charge is 2.48. The molecule has 9 nitrogen and oxygen atoms in total. The van der Waals surface area contributed by atoms with Crippen molar-refractivity contribution in [3.05, 3.63) is 23.3 Å². The Labute approximate surface area is 201 Å². The highest BCUT2D eigenvalue weighted by atomic mass is 16.6. The molecule has 1 aliphatic rings. The van der Waals surface area contributed by atoms with Gasteiger partial charge < -0.3 is 23.7 Å². The van der Waals surface area contributed by atoms with E-state index in [1.165, 1.54) is 19.1 Å². The molecule has 0 saturated carbocycles. The molecule has 34 heavy (non-hydrogen) atoms. The van der Waals surface area contributed by atoms with Crippen molar-refractivity contribution in [2.45, 2.75) is 78.7 Å². The molecule has 0 aromatic heterocycles. The number of amides is 1. The highest BCUT2D eigenvalue weighted by Crippen LogP contribution is 2.44. The lowest BCUT2D eigenvalue weighted by atomic mass is 9.84. The molecule has 1 aromatic carbocycles. The molecule has 1 amide bonds. The van der Waals surface area contributed by atoms with Crippen molar-refractivity contribution >= 4 is 18.0 Å². The molecule has 0 saturated heterocycles. The van der Waals surface area contributed by atoms with Crippen LogP contribution in [0.3, 0.4) is 0 Å². The molecule has 1 aromatic rings. The van der Waals surface area contributed by atoms with Gasteiger partial charge in [-0.05, 0) is 66.5 Å². The number of esters is 2. The molecule has 0 aliphatic carbocycles. The van der Waals surface area contributed by atoms with Crippen LogP contribution in [0.25, 0.3) is 0 Å². The monoisotopic (exact) mass is 479 g/mol. The van der Waals surface area contributed by atoms with Crippen molar-refractivity contribution in [2.75, 3.05) is 20.8 Å². The van der Waals surface area contributed by atoms with Crippen molar-refractivity contribution < 1.29 is 38.1 Å². The second-order valence-corrected chi connectivity index (χ2v) is 9.69. The molecule has 1 heterocycles. The molecule has 1 aliphatic heterocycles. The smallest absolute Gasteiger partial charge is 0.410 e. The summed E-state index contributed by atoms with van der Waals surface area (Å²) in [7, 11) is 3.05. The predicted molar refractivity (Wildman–Crippen MR) is 125 cm³/mol. The topological polar surface area (TPSA) is 101 Å². The molecule has 190 valence electrons. The van der Waals surface area contributed by atoms with E-state index in [9.17, 15) is 14.4 Å². The average molecular weight is 480 g/mol. The van der Waals surface area contributed by atoms with Crippen molar-refractivity contribution in [3.63, 3.8) is 0 Å². The lowest BCUT2D eigenvalue weighted by Gasteiger charge is -2.41. The van der Waals surface area contributed by atoms with E-state index in [-0.39, 0.29) is 6.54 Å². The van der Waals surface area contributed by atoms with Gasteiger partial charge in [0.1, 0.15) is 5.60 Å². The average Bonchev–Trinajstić information content (AvgIpc) is 2.70. The number of fused-ring (bicyclic) bond motifs is 1. The minimum absolute atomic E-state index is 0.191. The van der Waals surface area contributed by atoms with Gasteiger partial charge in [-0.15, -0.1) is 0 Å². The quantitative estimate of drug-likeness (QED) is 0.328. The summed E-state index contributed by atoms with van der Waals surface area (Å²) in [5, 5.41) is 0. The SMILES string of the molecule is COc1ccc2c(c1OC)CCN(C(=O)OC(C)(C)C)[C@H]2C(C(=O)OC(C)C)C(=O)OC(C)C. The first kappa shape index (κ1) is 27.3. The summed E-state index contributed by atoms with van der Waals surface area (Å²) < 4.78 is 27.5. The normalized spacial score (nSPS) is 15.8. The maximum absolute atomic E-state index is 13.3. The van der Waals surface area contributed by atoms with Crippen LogP contribution in [0.4, 0.5) is 4.79 Å². The lowest BCUT2D eigenvalue weighted by Crippen LogP contribution is -2.50. The van der Waals surface area contributed by atoms with Gasteiger partial charge in [-0.1, -0.05) is 6.07 Å². The Morgan fingerprint density at radius 2 is 1.50 bits per heavy atom. The zero-order valence-electron chi connectivity index (χ0n) is 21.6. The number of nitrogens with zero attached hydrogens (tertiary/aromatic N) is 1. The molecule has 0 radical (unpaired) electrons. The second kappa shape index (κ2) is 11.0. The summed E-state index contributed by atoms with van der Waals surface area (Å²) in [6, 6.07) is 2.40. The Hall–Kier alpha value is -2.97. The van der Waals surface area contributed by atoms with Crippen LogP contribution in [-0.2, 0) is 30.2 Å². The molecule has 2 rings (SSSR count). The van der Waals surface area contributed by atoms with Crippen molar-refractivity contribution in [2.24, 2.45) is 5.92 Å². The standard InChI is InChI=1S/C25H37NO8/c1-14(2)32-22(27)19(23(28)33-15(3)4)20-16-10-11-18(30-8)21(31-9)17(16)12-13-26(20)24(29)34-25(5,6)7/h10-11,14-15,19-20H,12-13H2,1-9H3/t20-/m1/s1. The minimum atomic E-state index is -1.42. The fourth-order valence-electron chi connectivity index (χ4n) is 3.93. The summed E-state index contributed by atoms with van der Waals surface area (Å²) >= 11 is 0. The van der Waals surface area contributed by atoms with Crippen LogP contribution in [0, 0.1) is 5.92 Å². The van der Waals surface area contributed by atoms with Gasteiger partial charge in [-0.2, -0.15) is 0 Å². The number of hydrogen-bond donors (Lipinski definition) is 0. The summed E-state index contributed by atoms with van der Waals surface area (Å²) in [4.78, 5) is 41.2. The molecule has 9 heteroatoms. The van der Waals surface area contributed by atoms with Crippen molar-refractivity contribution in [3.8, 4) is 11.5 Å². The molecule has 0 unspecified atom stereocenters. The zero-order chi connectivity index (χ0) is 25.8. The Morgan fingerprint density at radius 1 is 0.941 bits per heavy atom. The zero-order valence-corrected chi connectivity index (χ0v) is 21.6. The molecular formula is C25H37NO8. The first-order valence-electron chi connectivity index (χ1n) is 11.4. The molecular weight excluding hydrogens is 442 g/mol. The number of benzene rings is 1. The number of ether oxygens (including phenoxy) is 5. The number of rotatable bonds is 7. The van der Waals surface area contributed by atoms with Gasteiger partial charge >= 0.3 is 18.0 Å². The van der Waals surface area contributed by atoms with Crippen LogP contribution in [-0.4, -0.2) is 61.5 Å². The van der Waals surface area contributed by atoms with Gasteiger partial charge in [-0.25, -0.2) is 4.79 Å². The summed E-state index contributed by atoms with van der Waals surface area (Å²) in [6.45, 7) is 12.2. The van der Waals surface area contributed by atoms with Crippen molar-refractivity contribution in [1.29, 1.82) is 0 Å². The van der Waals surface area contributed by atoms with E-state index in [1.807, 2.05) is 0 Å². The third-order valence-corrected chi connectivity index (χ3v) is 5.10. The van der Waals surface area contributed by atoms with Gasteiger partial charge in [0, 0.05) is 12.1 Å². The van der Waals surface area contributed by atoms with Crippen molar-refractivity contribution in [1.82, 2.24) is 4.90 Å². The molecule has 0 spiro atoms. The molecule has 0 bridgehead atoms. The van der Waals surface area contributed by atoms with Crippen LogP contribution in [0.5, 0.6) is 11.5 Å². The molecule has 0 fully saturated rings. The second-order valence-electron chi connectivity index (χ2n) is 9.69. The first-order chi connectivity index (χ1) is 15.8. The van der Waals surface area contributed by atoms with E-state index < -0.39 is 47.8 Å². The van der Waals surface area contributed by atoms with Gasteiger partial charge in [0.05, 0.1) is 32.5 Å². The van der Waals surface area contributed by atoms with Crippen LogP contribution in [0.1, 0.15) is 65.6 Å². The van der Waals surface area contributed by atoms with Crippen LogP contribution in [0.15, 0.2) is 12.1 Å². The van der Waals surface area contributed by atoms with Gasteiger partial charge in [0.2, 0.25) is 0 Å². The van der Waals surface area contributed by atoms with Gasteiger partial charge in [0.15, 0.2) is 17.4 Å². The van der Waals surface area contributed by atoms with E-state index >= 15 is 0 Å².